The Bertz CT molecular complexity index is 457. The molecule has 1 aliphatic rings. The molecule has 1 atom stereocenters. The van der Waals surface area contributed by atoms with E-state index in [4.69, 9.17) is 17.3 Å². The first-order valence-corrected chi connectivity index (χ1v) is 6.11. The number of nitrogens with one attached hydrogen (secondary N) is 1. The summed E-state index contributed by atoms with van der Waals surface area (Å²) in [7, 11) is 0. The van der Waals surface area contributed by atoms with E-state index in [1.165, 1.54) is 0 Å². The van der Waals surface area contributed by atoms with Crippen molar-refractivity contribution in [3.8, 4) is 0 Å². The Morgan fingerprint density at radius 3 is 2.82 bits per heavy atom. The largest absolute Gasteiger partial charge is 0.399 e. The summed E-state index contributed by atoms with van der Waals surface area (Å²) < 4.78 is 0. The Balaban J connectivity index is 1.98. The Kier molecular flexibility index (Phi) is 3.04. The third kappa shape index (κ3) is 2.72. The van der Waals surface area contributed by atoms with E-state index in [2.05, 4.69) is 19.2 Å². The maximum absolute atomic E-state index is 11.9. The summed E-state index contributed by atoms with van der Waals surface area (Å²) in [4.78, 5) is 11.9. The van der Waals surface area contributed by atoms with Gasteiger partial charge >= 0.3 is 0 Å². The van der Waals surface area contributed by atoms with Crippen LogP contribution in [-0.4, -0.2) is 12.5 Å². The predicted octanol–water partition coefficient (Wildman–Crippen LogP) is 2.70. The van der Waals surface area contributed by atoms with Crippen molar-refractivity contribution in [1.82, 2.24) is 5.32 Å². The van der Waals surface area contributed by atoms with Gasteiger partial charge in [0, 0.05) is 12.2 Å². The molecule has 0 aromatic heterocycles. The van der Waals surface area contributed by atoms with Crippen LogP contribution in [-0.2, 0) is 0 Å². The van der Waals surface area contributed by atoms with Gasteiger partial charge in [0.2, 0.25) is 0 Å². The van der Waals surface area contributed by atoms with Crippen LogP contribution < -0.4 is 11.1 Å². The molecule has 3 N–H and O–H groups in total. The molecule has 0 saturated heterocycles. The number of halogens is 1. The topological polar surface area (TPSA) is 55.1 Å². The van der Waals surface area contributed by atoms with Crippen LogP contribution in [0.4, 0.5) is 5.69 Å². The molecule has 1 fully saturated rings. The minimum atomic E-state index is -0.148. The van der Waals surface area contributed by atoms with Crippen molar-refractivity contribution < 1.29 is 4.79 Å². The first-order valence-electron chi connectivity index (χ1n) is 5.73. The van der Waals surface area contributed by atoms with Crippen LogP contribution in [0.25, 0.3) is 0 Å². The number of nitrogens with two attached hydrogens (primary N) is 1. The van der Waals surface area contributed by atoms with E-state index in [1.807, 2.05) is 0 Å². The molecule has 0 spiro atoms. The Morgan fingerprint density at radius 2 is 2.24 bits per heavy atom. The number of anilines is 1. The number of carbonyl (C=O) groups excluding carboxylic acids is 1. The molecule has 1 unspecified atom stereocenters. The van der Waals surface area contributed by atoms with Crippen LogP contribution in [0.2, 0.25) is 5.02 Å². The second-order valence-corrected chi connectivity index (χ2v) is 5.75. The average molecular weight is 253 g/mol. The maximum Gasteiger partial charge on any atom is 0.252 e. The van der Waals surface area contributed by atoms with Crippen molar-refractivity contribution in [2.24, 2.45) is 11.3 Å². The first kappa shape index (κ1) is 12.2. The summed E-state index contributed by atoms with van der Waals surface area (Å²) in [5.74, 6) is 0.427. The van der Waals surface area contributed by atoms with Crippen molar-refractivity contribution >= 4 is 23.2 Å². The van der Waals surface area contributed by atoms with E-state index in [0.717, 1.165) is 6.42 Å². The van der Waals surface area contributed by atoms with Gasteiger partial charge in [0.25, 0.3) is 5.91 Å². The molecule has 0 heterocycles. The van der Waals surface area contributed by atoms with Crippen LogP contribution in [0.5, 0.6) is 0 Å². The molecule has 0 bridgehead atoms. The molecule has 1 aromatic carbocycles. The van der Waals surface area contributed by atoms with Crippen molar-refractivity contribution in [1.29, 1.82) is 0 Å². The van der Waals surface area contributed by atoms with E-state index in [-0.39, 0.29) is 5.91 Å². The number of nitrogen functional groups attached to an aromatic ring is 1. The second-order valence-electron chi connectivity index (χ2n) is 5.34. The summed E-state index contributed by atoms with van der Waals surface area (Å²) >= 11 is 5.96. The highest BCUT2D eigenvalue weighted by molar-refractivity contribution is 6.34. The number of amides is 1. The molecule has 92 valence electrons. The highest BCUT2D eigenvalue weighted by atomic mass is 35.5. The summed E-state index contributed by atoms with van der Waals surface area (Å²) in [5.41, 5.74) is 7.00. The fourth-order valence-electron chi connectivity index (χ4n) is 1.95. The lowest BCUT2D eigenvalue weighted by molar-refractivity contribution is 0.0951. The highest BCUT2D eigenvalue weighted by Gasteiger charge is 2.45. The van der Waals surface area contributed by atoms with Gasteiger partial charge in [-0.05, 0) is 36.0 Å². The fourth-order valence-corrected chi connectivity index (χ4v) is 2.16. The summed E-state index contributed by atoms with van der Waals surface area (Å²) in [6.07, 6.45) is 1.16. The number of carbonyl (C=O) groups is 1. The van der Waals surface area contributed by atoms with Crippen molar-refractivity contribution in [3.05, 3.63) is 28.8 Å². The molecule has 17 heavy (non-hydrogen) atoms. The summed E-state index contributed by atoms with van der Waals surface area (Å²) in [6.45, 7) is 5.12. The summed E-state index contributed by atoms with van der Waals surface area (Å²) in [6, 6.07) is 4.94. The second kappa shape index (κ2) is 4.22. The number of hydrogen-bond acceptors (Lipinski definition) is 2. The van der Waals surface area contributed by atoms with E-state index in [9.17, 15) is 4.79 Å². The molecule has 0 radical (unpaired) electrons. The lowest BCUT2D eigenvalue weighted by Crippen LogP contribution is -2.26. The van der Waals surface area contributed by atoms with Gasteiger partial charge in [-0.2, -0.15) is 0 Å². The molecule has 4 heteroatoms. The van der Waals surface area contributed by atoms with Crippen LogP contribution in [0, 0.1) is 11.3 Å². The third-order valence-electron chi connectivity index (χ3n) is 3.46. The van der Waals surface area contributed by atoms with Gasteiger partial charge in [-0.25, -0.2) is 0 Å². The van der Waals surface area contributed by atoms with E-state index in [0.29, 0.717) is 34.2 Å². The SMILES string of the molecule is CC1(C)CC1CNC(=O)c1cc(N)ccc1Cl. The summed E-state index contributed by atoms with van der Waals surface area (Å²) in [5, 5.41) is 3.34. The fraction of sp³-hybridized carbons (Fsp3) is 0.462. The lowest BCUT2D eigenvalue weighted by Gasteiger charge is -2.08. The molecular weight excluding hydrogens is 236 g/mol. The van der Waals surface area contributed by atoms with Crippen molar-refractivity contribution in [2.45, 2.75) is 20.3 Å². The minimum Gasteiger partial charge on any atom is -0.399 e. The van der Waals surface area contributed by atoms with E-state index < -0.39 is 0 Å². The van der Waals surface area contributed by atoms with Gasteiger partial charge in [0.05, 0.1) is 10.6 Å². The van der Waals surface area contributed by atoms with Gasteiger partial charge in [0.15, 0.2) is 0 Å². The predicted molar refractivity (Wildman–Crippen MR) is 70.1 cm³/mol. The minimum absolute atomic E-state index is 0.148. The Hall–Kier alpha value is -1.22. The highest BCUT2D eigenvalue weighted by Crippen LogP contribution is 2.50. The quantitative estimate of drug-likeness (QED) is 0.813. The van der Waals surface area contributed by atoms with Crippen LogP contribution in [0.15, 0.2) is 18.2 Å². The van der Waals surface area contributed by atoms with E-state index in [1.54, 1.807) is 18.2 Å². The molecule has 0 aliphatic heterocycles. The third-order valence-corrected chi connectivity index (χ3v) is 3.79. The normalized spacial score (nSPS) is 21.0. The zero-order valence-corrected chi connectivity index (χ0v) is 10.8. The van der Waals surface area contributed by atoms with Crippen molar-refractivity contribution in [2.75, 3.05) is 12.3 Å². The molecule has 1 amide bonds. The Morgan fingerprint density at radius 1 is 1.59 bits per heavy atom. The van der Waals surface area contributed by atoms with Crippen molar-refractivity contribution in [3.63, 3.8) is 0 Å². The van der Waals surface area contributed by atoms with Crippen LogP contribution in [0.3, 0.4) is 0 Å². The molecular formula is C13H17ClN2O. The first-order chi connectivity index (χ1) is 7.90. The zero-order valence-electron chi connectivity index (χ0n) is 10.1. The molecule has 1 aromatic rings. The van der Waals surface area contributed by atoms with Crippen LogP contribution >= 0.6 is 11.6 Å². The number of benzene rings is 1. The van der Waals surface area contributed by atoms with Gasteiger partial charge < -0.3 is 11.1 Å². The number of rotatable bonds is 3. The standard InChI is InChI=1S/C13H17ClN2O/c1-13(2)6-8(13)7-16-12(17)10-5-9(15)3-4-11(10)14/h3-5,8H,6-7,15H2,1-2H3,(H,16,17). The van der Waals surface area contributed by atoms with Crippen LogP contribution in [0.1, 0.15) is 30.6 Å². The lowest BCUT2D eigenvalue weighted by atomic mass is 10.1. The molecule has 1 saturated carbocycles. The molecule has 1 aliphatic carbocycles. The van der Waals surface area contributed by atoms with Gasteiger partial charge in [-0.15, -0.1) is 0 Å². The zero-order chi connectivity index (χ0) is 12.6. The van der Waals surface area contributed by atoms with E-state index >= 15 is 0 Å². The maximum atomic E-state index is 11.9. The van der Waals surface area contributed by atoms with Gasteiger partial charge in [-0.1, -0.05) is 25.4 Å². The Labute approximate surface area is 106 Å². The number of hydrogen-bond donors (Lipinski definition) is 2. The molecule has 2 rings (SSSR count). The molecule has 3 nitrogen and oxygen atoms in total. The average Bonchev–Trinajstić information content (AvgIpc) is 2.87. The monoisotopic (exact) mass is 252 g/mol. The smallest absolute Gasteiger partial charge is 0.252 e. The van der Waals surface area contributed by atoms with Gasteiger partial charge in [-0.3, -0.25) is 4.79 Å². The van der Waals surface area contributed by atoms with Gasteiger partial charge in [0.1, 0.15) is 0 Å².